The van der Waals surface area contributed by atoms with E-state index in [1.54, 1.807) is 30.5 Å². The molecule has 4 rings (SSSR count). The minimum absolute atomic E-state index is 0.0565. The second-order valence-corrected chi connectivity index (χ2v) is 7.61. The molecule has 0 spiro atoms. The van der Waals surface area contributed by atoms with Crippen molar-refractivity contribution in [2.45, 2.75) is 19.4 Å². The zero-order valence-electron chi connectivity index (χ0n) is 14.7. The number of halogens is 1. The Kier molecular flexibility index (Phi) is 5.02. The topological polar surface area (TPSA) is 91.1 Å². The maximum atomic E-state index is 13.3. The highest BCUT2D eigenvalue weighted by atomic mass is 35.5. The van der Waals surface area contributed by atoms with Crippen LogP contribution in [0.25, 0.3) is 21.5 Å². The number of hydrogen-bond donors (Lipinski definition) is 1. The zero-order valence-corrected chi connectivity index (χ0v) is 16.3. The standard InChI is InChI=1S/C20H16ClN3O3S/c21-13-5-3-12(4-6-13)10-17-23-19-18(20(26)24(17)8-7-16(22)25)14(11-28-19)15-2-1-9-27-15/h1-6,9,11H,7-8,10H2,(H2,22,25). The Labute approximate surface area is 169 Å². The lowest BCUT2D eigenvalue weighted by Crippen LogP contribution is -2.27. The largest absolute Gasteiger partial charge is 0.464 e. The van der Waals surface area contributed by atoms with Crippen molar-refractivity contribution >= 4 is 39.1 Å². The molecule has 3 aromatic heterocycles. The van der Waals surface area contributed by atoms with Gasteiger partial charge in [-0.1, -0.05) is 23.7 Å². The van der Waals surface area contributed by atoms with Crippen molar-refractivity contribution in [3.8, 4) is 11.3 Å². The number of benzene rings is 1. The molecule has 3 heterocycles. The highest BCUT2D eigenvalue weighted by molar-refractivity contribution is 7.17. The normalized spacial score (nSPS) is 11.2. The molecule has 0 aliphatic rings. The Morgan fingerprint density at radius 3 is 2.71 bits per heavy atom. The lowest BCUT2D eigenvalue weighted by molar-refractivity contribution is -0.118. The summed E-state index contributed by atoms with van der Waals surface area (Å²) in [6, 6.07) is 10.9. The average Bonchev–Trinajstić information content (AvgIpc) is 3.32. The van der Waals surface area contributed by atoms with Crippen LogP contribution >= 0.6 is 22.9 Å². The summed E-state index contributed by atoms with van der Waals surface area (Å²) >= 11 is 7.35. The first-order chi connectivity index (χ1) is 13.5. The van der Waals surface area contributed by atoms with Crippen molar-refractivity contribution in [1.82, 2.24) is 9.55 Å². The molecule has 0 radical (unpaired) electrons. The van der Waals surface area contributed by atoms with E-state index in [1.165, 1.54) is 15.9 Å². The zero-order chi connectivity index (χ0) is 19.7. The molecule has 0 saturated heterocycles. The van der Waals surface area contributed by atoms with Crippen LogP contribution in [-0.4, -0.2) is 15.5 Å². The number of furan rings is 1. The molecule has 1 amide bonds. The van der Waals surface area contributed by atoms with E-state index in [2.05, 4.69) is 0 Å². The van der Waals surface area contributed by atoms with Gasteiger partial charge in [-0.2, -0.15) is 0 Å². The van der Waals surface area contributed by atoms with Gasteiger partial charge in [-0.05, 0) is 29.8 Å². The molecule has 0 saturated carbocycles. The third-order valence-corrected chi connectivity index (χ3v) is 5.54. The molecule has 0 unspecified atom stereocenters. The van der Waals surface area contributed by atoms with Crippen LogP contribution in [0.2, 0.25) is 5.02 Å². The monoisotopic (exact) mass is 413 g/mol. The SMILES string of the molecule is NC(=O)CCn1c(Cc2ccc(Cl)cc2)nc2scc(-c3ccco3)c2c1=O. The Bertz CT molecular complexity index is 1190. The van der Waals surface area contributed by atoms with Gasteiger partial charge in [0, 0.05) is 35.4 Å². The lowest BCUT2D eigenvalue weighted by atomic mass is 10.1. The molecular weight excluding hydrogens is 398 g/mol. The van der Waals surface area contributed by atoms with E-state index >= 15 is 0 Å². The van der Waals surface area contributed by atoms with Crippen LogP contribution in [0, 0.1) is 0 Å². The van der Waals surface area contributed by atoms with Crippen LogP contribution < -0.4 is 11.3 Å². The number of amides is 1. The van der Waals surface area contributed by atoms with Gasteiger partial charge in [0.05, 0.1) is 11.6 Å². The predicted molar refractivity (Wildman–Crippen MR) is 110 cm³/mol. The van der Waals surface area contributed by atoms with Crippen molar-refractivity contribution < 1.29 is 9.21 Å². The van der Waals surface area contributed by atoms with Crippen molar-refractivity contribution in [3.63, 3.8) is 0 Å². The van der Waals surface area contributed by atoms with Crippen LogP contribution in [0.5, 0.6) is 0 Å². The second-order valence-electron chi connectivity index (χ2n) is 6.31. The Morgan fingerprint density at radius 1 is 1.25 bits per heavy atom. The van der Waals surface area contributed by atoms with E-state index in [0.29, 0.717) is 38.8 Å². The molecule has 8 heteroatoms. The first kappa shape index (κ1) is 18.5. The summed E-state index contributed by atoms with van der Waals surface area (Å²) in [5, 5.41) is 2.99. The first-order valence-electron chi connectivity index (χ1n) is 8.60. The van der Waals surface area contributed by atoms with E-state index in [4.69, 9.17) is 26.7 Å². The number of primary amides is 1. The number of aromatic nitrogens is 2. The van der Waals surface area contributed by atoms with Crippen LogP contribution in [0.15, 0.2) is 57.3 Å². The summed E-state index contributed by atoms with van der Waals surface area (Å²) in [7, 11) is 0. The van der Waals surface area contributed by atoms with Gasteiger partial charge in [-0.25, -0.2) is 4.98 Å². The lowest BCUT2D eigenvalue weighted by Gasteiger charge is -2.12. The van der Waals surface area contributed by atoms with Crippen molar-refractivity contribution in [3.05, 3.63) is 74.8 Å². The van der Waals surface area contributed by atoms with Crippen LogP contribution in [0.4, 0.5) is 0 Å². The molecule has 0 fully saturated rings. The quantitative estimate of drug-likeness (QED) is 0.520. The number of carbonyl (C=O) groups is 1. The summed E-state index contributed by atoms with van der Waals surface area (Å²) in [6.07, 6.45) is 2.06. The maximum Gasteiger partial charge on any atom is 0.263 e. The van der Waals surface area contributed by atoms with Crippen molar-refractivity contribution in [2.75, 3.05) is 0 Å². The van der Waals surface area contributed by atoms with Gasteiger partial charge in [-0.15, -0.1) is 11.3 Å². The Balaban J connectivity index is 1.85. The molecule has 0 bridgehead atoms. The van der Waals surface area contributed by atoms with Gasteiger partial charge in [-0.3, -0.25) is 14.2 Å². The molecule has 28 heavy (non-hydrogen) atoms. The fourth-order valence-electron chi connectivity index (χ4n) is 3.05. The summed E-state index contributed by atoms with van der Waals surface area (Å²) in [4.78, 5) is 30.0. The minimum Gasteiger partial charge on any atom is -0.464 e. The molecule has 1 aromatic carbocycles. The van der Waals surface area contributed by atoms with Gasteiger partial charge in [0.25, 0.3) is 5.56 Å². The summed E-state index contributed by atoms with van der Waals surface area (Å²) in [6.45, 7) is 0.174. The van der Waals surface area contributed by atoms with Gasteiger partial charge in [0.2, 0.25) is 5.91 Å². The van der Waals surface area contributed by atoms with Crippen LogP contribution in [-0.2, 0) is 17.8 Å². The number of thiophene rings is 1. The summed E-state index contributed by atoms with van der Waals surface area (Å²) in [5.41, 5.74) is 6.77. The number of fused-ring (bicyclic) bond motifs is 1. The third kappa shape index (κ3) is 3.58. The molecule has 0 aliphatic heterocycles. The fraction of sp³-hybridized carbons (Fsp3) is 0.150. The molecule has 2 N–H and O–H groups in total. The predicted octanol–water partition coefficient (Wildman–Crippen LogP) is 3.84. The van der Waals surface area contributed by atoms with Crippen molar-refractivity contribution in [2.24, 2.45) is 5.73 Å². The molecular formula is C20H16ClN3O3S. The average molecular weight is 414 g/mol. The van der Waals surface area contributed by atoms with Gasteiger partial charge in [0.15, 0.2) is 0 Å². The van der Waals surface area contributed by atoms with Crippen molar-refractivity contribution in [1.29, 1.82) is 0 Å². The number of nitrogens with two attached hydrogens (primary N) is 1. The Hall–Kier alpha value is -2.90. The number of carbonyl (C=O) groups excluding carboxylic acids is 1. The fourth-order valence-corrected chi connectivity index (χ4v) is 4.11. The number of hydrogen-bond acceptors (Lipinski definition) is 5. The summed E-state index contributed by atoms with van der Waals surface area (Å²) < 4.78 is 6.99. The van der Waals surface area contributed by atoms with Gasteiger partial charge in [0.1, 0.15) is 16.4 Å². The van der Waals surface area contributed by atoms with Gasteiger partial charge >= 0.3 is 0 Å². The van der Waals surface area contributed by atoms with Crippen LogP contribution in [0.3, 0.4) is 0 Å². The number of rotatable bonds is 6. The molecule has 0 atom stereocenters. The first-order valence-corrected chi connectivity index (χ1v) is 9.86. The number of nitrogens with zero attached hydrogens (tertiary/aromatic N) is 2. The van der Waals surface area contributed by atoms with Gasteiger partial charge < -0.3 is 10.2 Å². The molecule has 0 aliphatic carbocycles. The van der Waals surface area contributed by atoms with E-state index in [-0.39, 0.29) is 18.5 Å². The van der Waals surface area contributed by atoms with E-state index < -0.39 is 5.91 Å². The highest BCUT2D eigenvalue weighted by Crippen LogP contribution is 2.31. The molecule has 4 aromatic rings. The second kappa shape index (κ2) is 7.61. The van der Waals surface area contributed by atoms with Crippen LogP contribution in [0.1, 0.15) is 17.8 Å². The molecule has 142 valence electrons. The van der Waals surface area contributed by atoms with E-state index in [0.717, 1.165) is 5.56 Å². The van der Waals surface area contributed by atoms with E-state index in [9.17, 15) is 9.59 Å². The highest BCUT2D eigenvalue weighted by Gasteiger charge is 2.18. The Morgan fingerprint density at radius 2 is 2.04 bits per heavy atom. The molecule has 6 nitrogen and oxygen atoms in total. The smallest absolute Gasteiger partial charge is 0.263 e. The summed E-state index contributed by atoms with van der Waals surface area (Å²) in [5.74, 6) is 0.715. The third-order valence-electron chi connectivity index (χ3n) is 4.42. The maximum absolute atomic E-state index is 13.3. The van der Waals surface area contributed by atoms with E-state index in [1.807, 2.05) is 17.5 Å². The minimum atomic E-state index is -0.471.